The summed E-state index contributed by atoms with van der Waals surface area (Å²) >= 11 is 0. The highest BCUT2D eigenvalue weighted by atomic mass is 16.6. The molecule has 5 nitrogen and oxygen atoms in total. The number of hydrogen-bond acceptors (Lipinski definition) is 5. The summed E-state index contributed by atoms with van der Waals surface area (Å²) in [7, 11) is 0. The van der Waals surface area contributed by atoms with Gasteiger partial charge in [0, 0.05) is 6.54 Å². The normalized spacial score (nSPS) is 9.17. The Morgan fingerprint density at radius 3 is 2.25 bits per heavy atom. The van der Waals surface area contributed by atoms with Gasteiger partial charge in [0.1, 0.15) is 12.2 Å². The number of ether oxygens (including phenoxy) is 1. The zero-order valence-corrected chi connectivity index (χ0v) is 6.83. The van der Waals surface area contributed by atoms with Crippen LogP contribution in [-0.2, 0) is 19.1 Å². The summed E-state index contributed by atoms with van der Waals surface area (Å²) < 4.78 is 4.22. The number of carbonyl (C=O) groups excluding carboxylic acids is 3. The smallest absolute Gasteiger partial charge is 0.320 e. The molecule has 0 aliphatic heterocycles. The third-order valence-corrected chi connectivity index (χ3v) is 0.969. The van der Waals surface area contributed by atoms with E-state index in [0.29, 0.717) is 0 Å². The highest BCUT2D eigenvalue weighted by molar-refractivity contribution is 5.98. The van der Waals surface area contributed by atoms with E-state index in [4.69, 9.17) is 5.73 Å². The molecule has 2 N–H and O–H groups in total. The van der Waals surface area contributed by atoms with Gasteiger partial charge in [-0.15, -0.1) is 0 Å². The van der Waals surface area contributed by atoms with E-state index in [1.54, 1.807) is 0 Å². The lowest BCUT2D eigenvalue weighted by atomic mass is 10.3. The fourth-order valence-corrected chi connectivity index (χ4v) is 0.535. The summed E-state index contributed by atoms with van der Waals surface area (Å²) in [5.74, 6) is -1.84. The minimum Gasteiger partial charge on any atom is -0.393 e. The van der Waals surface area contributed by atoms with Crippen LogP contribution < -0.4 is 5.73 Å². The summed E-state index contributed by atoms with van der Waals surface area (Å²) in [5.41, 5.74) is 5.03. The molecular formula is C7H11NO4. The topological polar surface area (TPSA) is 86.5 Å². The molecular weight excluding hydrogens is 162 g/mol. The van der Waals surface area contributed by atoms with Gasteiger partial charge in [-0.3, -0.25) is 14.4 Å². The SMILES string of the molecule is CC(=O)CC(=O)OC(=O)CCN. The molecule has 0 aromatic rings. The molecule has 0 aliphatic rings. The van der Waals surface area contributed by atoms with Crippen LogP contribution >= 0.6 is 0 Å². The van der Waals surface area contributed by atoms with Crippen LogP contribution in [-0.4, -0.2) is 24.3 Å². The van der Waals surface area contributed by atoms with Crippen LogP contribution in [0.5, 0.6) is 0 Å². The van der Waals surface area contributed by atoms with Gasteiger partial charge in [0.15, 0.2) is 0 Å². The molecule has 0 aliphatic carbocycles. The van der Waals surface area contributed by atoms with Gasteiger partial charge >= 0.3 is 11.9 Å². The molecule has 5 heteroatoms. The van der Waals surface area contributed by atoms with Crippen LogP contribution in [0.15, 0.2) is 0 Å². The lowest BCUT2D eigenvalue weighted by molar-refractivity contribution is -0.159. The second-order valence-corrected chi connectivity index (χ2v) is 2.26. The number of hydrogen-bond donors (Lipinski definition) is 1. The summed E-state index contributed by atoms with van der Waals surface area (Å²) in [6, 6.07) is 0. The van der Waals surface area contributed by atoms with Gasteiger partial charge in [-0.1, -0.05) is 0 Å². The van der Waals surface area contributed by atoms with Crippen LogP contribution in [0.4, 0.5) is 0 Å². The average Bonchev–Trinajstić information content (AvgIpc) is 1.84. The zero-order valence-electron chi connectivity index (χ0n) is 6.83. The van der Waals surface area contributed by atoms with Gasteiger partial charge in [0.05, 0.1) is 6.42 Å². The van der Waals surface area contributed by atoms with Crippen molar-refractivity contribution in [3.8, 4) is 0 Å². The monoisotopic (exact) mass is 173 g/mol. The molecule has 0 radical (unpaired) electrons. The van der Waals surface area contributed by atoms with Crippen molar-refractivity contribution in [3.05, 3.63) is 0 Å². The fourth-order valence-electron chi connectivity index (χ4n) is 0.535. The first-order valence-electron chi connectivity index (χ1n) is 3.49. The van der Waals surface area contributed by atoms with Crippen molar-refractivity contribution in [2.75, 3.05) is 6.54 Å². The standard InChI is InChI=1S/C7H11NO4/c1-5(9)4-7(11)12-6(10)2-3-8/h2-4,8H2,1H3. The van der Waals surface area contributed by atoms with E-state index in [0.717, 1.165) is 0 Å². The highest BCUT2D eigenvalue weighted by Crippen LogP contribution is 1.90. The molecule has 0 spiro atoms. The summed E-state index contributed by atoms with van der Waals surface area (Å²) in [6.07, 6.45) is -0.375. The van der Waals surface area contributed by atoms with Crippen LogP contribution in [0.25, 0.3) is 0 Å². The van der Waals surface area contributed by atoms with E-state index < -0.39 is 11.9 Å². The van der Waals surface area contributed by atoms with E-state index in [2.05, 4.69) is 4.74 Å². The molecule has 0 fully saturated rings. The Morgan fingerprint density at radius 1 is 1.25 bits per heavy atom. The Kier molecular flexibility index (Phi) is 4.87. The molecule has 0 bridgehead atoms. The largest absolute Gasteiger partial charge is 0.393 e. The predicted molar refractivity (Wildman–Crippen MR) is 40.1 cm³/mol. The minimum atomic E-state index is -0.819. The lowest BCUT2D eigenvalue weighted by Gasteiger charge is -1.98. The second kappa shape index (κ2) is 5.42. The molecule has 0 atom stereocenters. The second-order valence-electron chi connectivity index (χ2n) is 2.26. The van der Waals surface area contributed by atoms with E-state index in [-0.39, 0.29) is 25.2 Å². The van der Waals surface area contributed by atoms with Crippen LogP contribution in [0.1, 0.15) is 19.8 Å². The first kappa shape index (κ1) is 10.8. The predicted octanol–water partition coefficient (Wildman–Crippen LogP) is -0.616. The third kappa shape index (κ3) is 5.55. The van der Waals surface area contributed by atoms with Crippen molar-refractivity contribution >= 4 is 17.7 Å². The maximum atomic E-state index is 10.6. The highest BCUT2D eigenvalue weighted by Gasteiger charge is 2.10. The molecule has 68 valence electrons. The number of esters is 2. The van der Waals surface area contributed by atoms with Crippen molar-refractivity contribution in [1.29, 1.82) is 0 Å². The number of carbonyl (C=O) groups is 3. The molecule has 0 saturated carbocycles. The van der Waals surface area contributed by atoms with Crippen molar-refractivity contribution in [3.63, 3.8) is 0 Å². The summed E-state index contributed by atoms with van der Waals surface area (Å²) in [5, 5.41) is 0. The number of nitrogens with two attached hydrogens (primary N) is 1. The van der Waals surface area contributed by atoms with Crippen molar-refractivity contribution in [1.82, 2.24) is 0 Å². The van der Waals surface area contributed by atoms with E-state index >= 15 is 0 Å². The van der Waals surface area contributed by atoms with Gasteiger partial charge in [-0.25, -0.2) is 0 Å². The number of rotatable bonds is 4. The summed E-state index contributed by atoms with van der Waals surface area (Å²) in [4.78, 5) is 31.6. The Labute approximate surface area is 69.9 Å². The van der Waals surface area contributed by atoms with Gasteiger partial charge in [0.25, 0.3) is 0 Å². The van der Waals surface area contributed by atoms with Crippen molar-refractivity contribution < 1.29 is 19.1 Å². The van der Waals surface area contributed by atoms with Gasteiger partial charge in [0.2, 0.25) is 0 Å². The lowest BCUT2D eigenvalue weighted by Crippen LogP contribution is -2.17. The Hall–Kier alpha value is -1.23. The Morgan fingerprint density at radius 2 is 1.83 bits per heavy atom. The van der Waals surface area contributed by atoms with Crippen molar-refractivity contribution in [2.45, 2.75) is 19.8 Å². The minimum absolute atomic E-state index is 0.0103. The maximum absolute atomic E-state index is 10.6. The van der Waals surface area contributed by atoms with Crippen LogP contribution in [0.3, 0.4) is 0 Å². The Bertz CT molecular complexity index is 200. The maximum Gasteiger partial charge on any atom is 0.320 e. The van der Waals surface area contributed by atoms with E-state index in [1.165, 1.54) is 6.92 Å². The average molecular weight is 173 g/mol. The molecule has 0 saturated heterocycles. The molecule has 0 amide bonds. The Balaban J connectivity index is 3.69. The first-order valence-corrected chi connectivity index (χ1v) is 3.49. The van der Waals surface area contributed by atoms with Gasteiger partial charge < -0.3 is 10.5 Å². The van der Waals surface area contributed by atoms with Crippen molar-refractivity contribution in [2.24, 2.45) is 5.73 Å². The fraction of sp³-hybridized carbons (Fsp3) is 0.571. The molecule has 0 aromatic carbocycles. The van der Waals surface area contributed by atoms with Gasteiger partial charge in [-0.05, 0) is 6.92 Å². The number of ketones is 1. The summed E-state index contributed by atoms with van der Waals surface area (Å²) in [6.45, 7) is 1.38. The van der Waals surface area contributed by atoms with Gasteiger partial charge in [-0.2, -0.15) is 0 Å². The third-order valence-electron chi connectivity index (χ3n) is 0.969. The van der Waals surface area contributed by atoms with Crippen LogP contribution in [0.2, 0.25) is 0 Å². The van der Waals surface area contributed by atoms with E-state index in [9.17, 15) is 14.4 Å². The molecule has 0 aromatic heterocycles. The molecule has 0 unspecified atom stereocenters. The first-order chi connectivity index (χ1) is 5.56. The number of Topliss-reactive ketones (excluding diaryl/α,β-unsaturated/α-hetero) is 1. The van der Waals surface area contributed by atoms with E-state index in [1.807, 2.05) is 0 Å². The van der Waals surface area contributed by atoms with Crippen LogP contribution in [0, 0.1) is 0 Å². The quantitative estimate of drug-likeness (QED) is 0.452. The zero-order chi connectivity index (χ0) is 9.56. The molecule has 12 heavy (non-hydrogen) atoms. The molecule has 0 heterocycles. The molecule has 0 rings (SSSR count).